The van der Waals surface area contributed by atoms with E-state index in [9.17, 15) is 4.79 Å². The van der Waals surface area contributed by atoms with Gasteiger partial charge >= 0.3 is 0 Å². The first kappa shape index (κ1) is 16.0. The molecule has 2 aromatic rings. The van der Waals surface area contributed by atoms with Crippen molar-refractivity contribution in [2.45, 2.75) is 25.3 Å². The maximum absolute atomic E-state index is 12.6. The van der Waals surface area contributed by atoms with Crippen LogP contribution in [0.25, 0.3) is 10.2 Å². The Hall–Kier alpha value is -1.50. The fourth-order valence-corrected chi connectivity index (χ4v) is 4.72. The molecule has 1 aromatic heterocycles. The summed E-state index contributed by atoms with van der Waals surface area (Å²) in [5.74, 6) is 0.228. The van der Waals surface area contributed by atoms with Crippen LogP contribution in [0.3, 0.4) is 0 Å². The van der Waals surface area contributed by atoms with E-state index >= 15 is 0 Å². The SMILES string of the molecule is O=C(CN1CCCC[C@H]1c1nc2ccccc2s1)N1CCOCC1. The van der Waals surface area contributed by atoms with Gasteiger partial charge in [-0.05, 0) is 31.5 Å². The van der Waals surface area contributed by atoms with Crippen molar-refractivity contribution in [2.24, 2.45) is 0 Å². The number of rotatable bonds is 3. The van der Waals surface area contributed by atoms with Crippen LogP contribution in [0.1, 0.15) is 30.3 Å². The van der Waals surface area contributed by atoms with Crippen molar-refractivity contribution in [1.82, 2.24) is 14.8 Å². The highest BCUT2D eigenvalue weighted by atomic mass is 32.1. The van der Waals surface area contributed by atoms with Gasteiger partial charge in [0.2, 0.25) is 5.91 Å². The summed E-state index contributed by atoms with van der Waals surface area (Å²) in [5.41, 5.74) is 1.07. The Morgan fingerprint density at radius 2 is 2.04 bits per heavy atom. The monoisotopic (exact) mass is 345 g/mol. The Morgan fingerprint density at radius 3 is 2.88 bits per heavy atom. The van der Waals surface area contributed by atoms with E-state index in [1.54, 1.807) is 11.3 Å². The Labute approximate surface area is 146 Å². The number of piperidine rings is 1. The molecule has 5 nitrogen and oxygen atoms in total. The highest BCUT2D eigenvalue weighted by molar-refractivity contribution is 7.18. The molecule has 0 N–H and O–H groups in total. The van der Waals surface area contributed by atoms with E-state index < -0.39 is 0 Å². The number of carbonyl (C=O) groups excluding carboxylic acids is 1. The number of hydrogen-bond donors (Lipinski definition) is 0. The lowest BCUT2D eigenvalue weighted by atomic mass is 10.0. The number of para-hydroxylation sites is 1. The molecule has 3 heterocycles. The number of benzene rings is 1. The van der Waals surface area contributed by atoms with Gasteiger partial charge in [0, 0.05) is 13.1 Å². The standard InChI is InChI=1S/C18H23N3O2S/c22-17(20-9-11-23-12-10-20)13-21-8-4-3-6-15(21)18-19-14-5-1-2-7-16(14)24-18/h1-2,5,7,15H,3-4,6,8-13H2/t15-/m0/s1. The van der Waals surface area contributed by atoms with Crippen LogP contribution in [0.15, 0.2) is 24.3 Å². The van der Waals surface area contributed by atoms with Crippen LogP contribution in [0.5, 0.6) is 0 Å². The summed E-state index contributed by atoms with van der Waals surface area (Å²) in [4.78, 5) is 21.7. The molecular formula is C18H23N3O2S. The number of morpholine rings is 1. The molecule has 0 unspecified atom stereocenters. The minimum Gasteiger partial charge on any atom is -0.378 e. The predicted molar refractivity (Wildman–Crippen MR) is 95.2 cm³/mol. The van der Waals surface area contributed by atoms with Crippen LogP contribution < -0.4 is 0 Å². The minimum absolute atomic E-state index is 0.228. The summed E-state index contributed by atoms with van der Waals surface area (Å²) in [7, 11) is 0. The molecule has 0 aliphatic carbocycles. The molecule has 2 saturated heterocycles. The van der Waals surface area contributed by atoms with Crippen molar-refractivity contribution in [2.75, 3.05) is 39.4 Å². The van der Waals surface area contributed by atoms with Gasteiger partial charge in [0.1, 0.15) is 5.01 Å². The lowest BCUT2D eigenvalue weighted by Gasteiger charge is -2.36. The molecule has 2 aliphatic rings. The number of fused-ring (bicyclic) bond motifs is 1. The molecule has 0 bridgehead atoms. The topological polar surface area (TPSA) is 45.7 Å². The first-order valence-electron chi connectivity index (χ1n) is 8.76. The van der Waals surface area contributed by atoms with Gasteiger partial charge in [-0.25, -0.2) is 4.98 Å². The van der Waals surface area contributed by atoms with Crippen LogP contribution in [0, 0.1) is 0 Å². The molecule has 1 atom stereocenters. The Bertz CT molecular complexity index is 678. The quantitative estimate of drug-likeness (QED) is 0.858. The zero-order valence-electron chi connectivity index (χ0n) is 13.8. The van der Waals surface area contributed by atoms with Gasteiger partial charge in [0.15, 0.2) is 0 Å². The third kappa shape index (κ3) is 3.31. The molecule has 0 saturated carbocycles. The lowest BCUT2D eigenvalue weighted by Crippen LogP contribution is -2.47. The van der Waals surface area contributed by atoms with Gasteiger partial charge in [0.25, 0.3) is 0 Å². The van der Waals surface area contributed by atoms with Gasteiger partial charge in [-0.3, -0.25) is 9.69 Å². The maximum atomic E-state index is 12.6. The fourth-order valence-electron chi connectivity index (χ4n) is 3.58. The van der Waals surface area contributed by atoms with Crippen LogP contribution in [-0.4, -0.2) is 60.1 Å². The van der Waals surface area contributed by atoms with Gasteiger partial charge in [-0.2, -0.15) is 0 Å². The summed E-state index contributed by atoms with van der Waals surface area (Å²) in [5, 5.41) is 1.16. The number of amides is 1. The summed E-state index contributed by atoms with van der Waals surface area (Å²) < 4.78 is 6.58. The van der Waals surface area contributed by atoms with Crippen molar-refractivity contribution in [3.8, 4) is 0 Å². The molecule has 2 fully saturated rings. The molecule has 6 heteroatoms. The number of ether oxygens (including phenoxy) is 1. The molecule has 24 heavy (non-hydrogen) atoms. The number of hydrogen-bond acceptors (Lipinski definition) is 5. The average molecular weight is 345 g/mol. The van der Waals surface area contributed by atoms with Crippen molar-refractivity contribution >= 4 is 27.5 Å². The first-order chi connectivity index (χ1) is 11.8. The third-order valence-corrected chi connectivity index (χ3v) is 6.05. The van der Waals surface area contributed by atoms with E-state index in [0.29, 0.717) is 19.8 Å². The second-order valence-corrected chi connectivity index (χ2v) is 7.56. The second-order valence-electron chi connectivity index (χ2n) is 6.50. The third-order valence-electron chi connectivity index (χ3n) is 4.91. The number of aromatic nitrogens is 1. The van der Waals surface area contributed by atoms with E-state index in [1.807, 2.05) is 11.0 Å². The lowest BCUT2D eigenvalue weighted by molar-refractivity contribution is -0.137. The normalized spacial score (nSPS) is 22.8. The molecule has 0 spiro atoms. The molecule has 2 aliphatic heterocycles. The smallest absolute Gasteiger partial charge is 0.236 e. The molecule has 4 rings (SSSR count). The van der Waals surface area contributed by atoms with Crippen LogP contribution in [-0.2, 0) is 9.53 Å². The van der Waals surface area contributed by atoms with E-state index in [2.05, 4.69) is 23.1 Å². The summed E-state index contributed by atoms with van der Waals surface area (Å²) in [6.07, 6.45) is 3.47. The number of thiazole rings is 1. The van der Waals surface area contributed by atoms with Crippen molar-refractivity contribution < 1.29 is 9.53 Å². The van der Waals surface area contributed by atoms with Crippen LogP contribution in [0.4, 0.5) is 0 Å². The fraction of sp³-hybridized carbons (Fsp3) is 0.556. The number of nitrogens with zero attached hydrogens (tertiary/aromatic N) is 3. The zero-order chi connectivity index (χ0) is 16.4. The van der Waals surface area contributed by atoms with Crippen molar-refractivity contribution in [3.63, 3.8) is 0 Å². The van der Waals surface area contributed by atoms with Crippen molar-refractivity contribution in [1.29, 1.82) is 0 Å². The van der Waals surface area contributed by atoms with Crippen molar-refractivity contribution in [3.05, 3.63) is 29.3 Å². The molecule has 0 radical (unpaired) electrons. The highest BCUT2D eigenvalue weighted by Gasteiger charge is 2.29. The molecular weight excluding hydrogens is 322 g/mol. The summed E-state index contributed by atoms with van der Waals surface area (Å²) in [6, 6.07) is 8.57. The van der Waals surface area contributed by atoms with Gasteiger partial charge in [-0.15, -0.1) is 11.3 Å². The Kier molecular flexibility index (Phi) is 4.78. The van der Waals surface area contributed by atoms with Gasteiger partial charge in [-0.1, -0.05) is 18.6 Å². The van der Waals surface area contributed by atoms with Crippen LogP contribution >= 0.6 is 11.3 Å². The number of likely N-dealkylation sites (tertiary alicyclic amines) is 1. The summed E-state index contributed by atoms with van der Waals surface area (Å²) >= 11 is 1.77. The minimum atomic E-state index is 0.228. The predicted octanol–water partition coefficient (Wildman–Crippen LogP) is 2.68. The van der Waals surface area contributed by atoms with E-state index in [-0.39, 0.29) is 11.9 Å². The Morgan fingerprint density at radius 1 is 1.21 bits per heavy atom. The molecule has 1 amide bonds. The molecule has 1 aromatic carbocycles. The molecule has 128 valence electrons. The Balaban J connectivity index is 1.51. The first-order valence-corrected chi connectivity index (χ1v) is 9.58. The maximum Gasteiger partial charge on any atom is 0.236 e. The highest BCUT2D eigenvalue weighted by Crippen LogP contribution is 2.35. The summed E-state index contributed by atoms with van der Waals surface area (Å²) in [6.45, 7) is 4.24. The second kappa shape index (κ2) is 7.17. The average Bonchev–Trinajstić information content (AvgIpc) is 3.07. The van der Waals surface area contributed by atoms with E-state index in [1.165, 1.54) is 11.1 Å². The van der Waals surface area contributed by atoms with Gasteiger partial charge < -0.3 is 9.64 Å². The van der Waals surface area contributed by atoms with Crippen LogP contribution in [0.2, 0.25) is 0 Å². The number of carbonyl (C=O) groups is 1. The van der Waals surface area contributed by atoms with Gasteiger partial charge in [0.05, 0.1) is 36.0 Å². The van der Waals surface area contributed by atoms with E-state index in [0.717, 1.165) is 43.0 Å². The van der Waals surface area contributed by atoms with E-state index in [4.69, 9.17) is 9.72 Å². The largest absolute Gasteiger partial charge is 0.378 e. The zero-order valence-corrected chi connectivity index (χ0v) is 14.6.